The third kappa shape index (κ3) is 3.51. The molecule has 2 heterocycles. The molecule has 5 rings (SSSR count). The molecular formula is C26H24N2O3. The summed E-state index contributed by atoms with van der Waals surface area (Å²) in [5, 5.41) is 2.98. The number of carbonyl (C=O) groups excluding carboxylic acids is 2. The molecule has 5 nitrogen and oxygen atoms in total. The van der Waals surface area contributed by atoms with Gasteiger partial charge in [0.1, 0.15) is 6.10 Å². The quantitative estimate of drug-likeness (QED) is 0.712. The fraction of sp³-hybridized carbons (Fsp3) is 0.231. The highest BCUT2D eigenvalue weighted by molar-refractivity contribution is 5.95. The molecule has 1 N–H and O–H groups in total. The van der Waals surface area contributed by atoms with Gasteiger partial charge in [-0.3, -0.25) is 9.59 Å². The molecular weight excluding hydrogens is 388 g/mol. The number of nitrogens with one attached hydrogen (secondary N) is 1. The van der Waals surface area contributed by atoms with E-state index in [-0.39, 0.29) is 11.8 Å². The van der Waals surface area contributed by atoms with Gasteiger partial charge in [-0.25, -0.2) is 0 Å². The standard InChI is InChI=1S/C26H24N2O3/c29-24(27-16-19-9-3-1-4-10-19)23-15-26(18-31-23)22-14-8-7-13-21(22)17-28(26)25(30)20-11-5-2-6-12-20/h1-14,23H,15-18H2,(H,27,29). The van der Waals surface area contributed by atoms with Crippen LogP contribution in [0, 0.1) is 0 Å². The lowest BCUT2D eigenvalue weighted by atomic mass is 9.86. The molecule has 2 aliphatic rings. The molecule has 3 aromatic carbocycles. The Morgan fingerprint density at radius 3 is 2.39 bits per heavy atom. The lowest BCUT2D eigenvalue weighted by Crippen LogP contribution is -2.46. The van der Waals surface area contributed by atoms with Crippen LogP contribution in [-0.2, 0) is 28.2 Å². The van der Waals surface area contributed by atoms with E-state index in [1.54, 1.807) is 0 Å². The van der Waals surface area contributed by atoms with E-state index >= 15 is 0 Å². The minimum Gasteiger partial charge on any atom is -0.365 e. The summed E-state index contributed by atoms with van der Waals surface area (Å²) >= 11 is 0. The zero-order valence-electron chi connectivity index (χ0n) is 17.2. The van der Waals surface area contributed by atoms with Crippen LogP contribution in [0.2, 0.25) is 0 Å². The predicted molar refractivity (Wildman–Crippen MR) is 117 cm³/mol. The molecule has 1 spiro atoms. The Kier molecular flexibility index (Phi) is 5.04. The van der Waals surface area contributed by atoms with Gasteiger partial charge >= 0.3 is 0 Å². The topological polar surface area (TPSA) is 58.6 Å². The van der Waals surface area contributed by atoms with Gasteiger partial charge in [0.25, 0.3) is 5.91 Å². The van der Waals surface area contributed by atoms with Crippen LogP contribution in [0.5, 0.6) is 0 Å². The van der Waals surface area contributed by atoms with Crippen molar-refractivity contribution in [1.29, 1.82) is 0 Å². The predicted octanol–water partition coefficient (Wildman–Crippen LogP) is 3.64. The molecule has 2 unspecified atom stereocenters. The third-order valence-corrected chi connectivity index (χ3v) is 6.28. The summed E-state index contributed by atoms with van der Waals surface area (Å²) in [6.07, 6.45) is -0.149. The number of carbonyl (C=O) groups is 2. The van der Waals surface area contributed by atoms with Crippen LogP contribution >= 0.6 is 0 Å². The molecule has 2 aliphatic heterocycles. The van der Waals surface area contributed by atoms with Crippen LogP contribution in [0.15, 0.2) is 84.9 Å². The van der Waals surface area contributed by atoms with Crippen LogP contribution in [0.4, 0.5) is 0 Å². The van der Waals surface area contributed by atoms with Crippen molar-refractivity contribution in [2.75, 3.05) is 6.61 Å². The van der Waals surface area contributed by atoms with Crippen LogP contribution in [0.25, 0.3) is 0 Å². The molecule has 3 aromatic rings. The minimum absolute atomic E-state index is 0.0363. The molecule has 0 aliphatic carbocycles. The molecule has 2 amide bonds. The maximum absolute atomic E-state index is 13.4. The normalized spacial score (nSPS) is 21.8. The Morgan fingerprint density at radius 1 is 0.935 bits per heavy atom. The summed E-state index contributed by atoms with van der Waals surface area (Å²) in [5.74, 6) is -0.178. The van der Waals surface area contributed by atoms with Crippen LogP contribution in [0.1, 0.15) is 33.5 Å². The van der Waals surface area contributed by atoms with Crippen LogP contribution in [0.3, 0.4) is 0 Å². The summed E-state index contributed by atoms with van der Waals surface area (Å²) in [6.45, 7) is 1.29. The Labute approximate surface area is 181 Å². The number of nitrogens with zero attached hydrogens (tertiary/aromatic N) is 1. The summed E-state index contributed by atoms with van der Waals surface area (Å²) in [6, 6.07) is 27.2. The molecule has 0 bridgehead atoms. The average molecular weight is 412 g/mol. The van der Waals surface area contributed by atoms with Gasteiger partial charge < -0.3 is 15.0 Å². The smallest absolute Gasteiger partial charge is 0.254 e. The fourth-order valence-corrected chi connectivity index (χ4v) is 4.69. The Morgan fingerprint density at radius 2 is 1.61 bits per heavy atom. The first-order valence-corrected chi connectivity index (χ1v) is 10.6. The first-order chi connectivity index (χ1) is 15.2. The lowest BCUT2D eigenvalue weighted by molar-refractivity contribution is -0.130. The van der Waals surface area contributed by atoms with Gasteiger partial charge in [-0.2, -0.15) is 0 Å². The van der Waals surface area contributed by atoms with Crippen molar-refractivity contribution in [2.24, 2.45) is 0 Å². The van der Waals surface area contributed by atoms with Crippen molar-refractivity contribution in [2.45, 2.75) is 31.2 Å². The molecule has 31 heavy (non-hydrogen) atoms. The first-order valence-electron chi connectivity index (χ1n) is 10.6. The van der Waals surface area contributed by atoms with Gasteiger partial charge in [-0.05, 0) is 28.8 Å². The summed E-state index contributed by atoms with van der Waals surface area (Å²) < 4.78 is 6.01. The molecule has 156 valence electrons. The number of benzene rings is 3. The maximum Gasteiger partial charge on any atom is 0.254 e. The maximum atomic E-state index is 13.4. The average Bonchev–Trinajstić information content (AvgIpc) is 3.41. The van der Waals surface area contributed by atoms with Gasteiger partial charge in [-0.1, -0.05) is 72.8 Å². The highest BCUT2D eigenvalue weighted by Gasteiger charge is 2.54. The van der Waals surface area contributed by atoms with E-state index in [1.807, 2.05) is 77.7 Å². The zero-order chi connectivity index (χ0) is 21.3. The summed E-state index contributed by atoms with van der Waals surface area (Å²) in [7, 11) is 0. The summed E-state index contributed by atoms with van der Waals surface area (Å²) in [4.78, 5) is 28.2. The van der Waals surface area contributed by atoms with Gasteiger partial charge in [0.05, 0.1) is 12.1 Å². The van der Waals surface area contributed by atoms with E-state index < -0.39 is 11.6 Å². The molecule has 0 aromatic heterocycles. The molecule has 5 heteroatoms. The zero-order valence-corrected chi connectivity index (χ0v) is 17.2. The van der Waals surface area contributed by atoms with Gasteiger partial charge in [-0.15, -0.1) is 0 Å². The molecule has 0 radical (unpaired) electrons. The van der Waals surface area contributed by atoms with E-state index in [9.17, 15) is 9.59 Å². The fourth-order valence-electron chi connectivity index (χ4n) is 4.69. The Balaban J connectivity index is 1.39. The second-order valence-electron chi connectivity index (χ2n) is 8.15. The molecule has 2 atom stereocenters. The number of amides is 2. The molecule has 0 saturated carbocycles. The number of rotatable bonds is 4. The highest BCUT2D eigenvalue weighted by atomic mass is 16.5. The van der Waals surface area contributed by atoms with Crippen molar-refractivity contribution < 1.29 is 14.3 Å². The molecule has 1 fully saturated rings. The Bertz CT molecular complexity index is 1100. The second-order valence-corrected chi connectivity index (χ2v) is 8.15. The van der Waals surface area contributed by atoms with Crippen molar-refractivity contribution in [1.82, 2.24) is 10.2 Å². The van der Waals surface area contributed by atoms with Crippen molar-refractivity contribution in [3.8, 4) is 0 Å². The van der Waals surface area contributed by atoms with Crippen molar-refractivity contribution in [3.05, 3.63) is 107 Å². The monoisotopic (exact) mass is 412 g/mol. The number of fused-ring (bicyclic) bond motifs is 2. The third-order valence-electron chi connectivity index (χ3n) is 6.28. The van der Waals surface area contributed by atoms with Crippen LogP contribution in [-0.4, -0.2) is 29.4 Å². The first kappa shape index (κ1) is 19.5. The van der Waals surface area contributed by atoms with E-state index in [4.69, 9.17) is 4.74 Å². The van der Waals surface area contributed by atoms with Gasteiger partial charge in [0.2, 0.25) is 5.91 Å². The van der Waals surface area contributed by atoms with E-state index in [1.165, 1.54) is 0 Å². The largest absolute Gasteiger partial charge is 0.365 e. The highest BCUT2D eigenvalue weighted by Crippen LogP contribution is 2.47. The van der Waals surface area contributed by atoms with E-state index in [2.05, 4.69) is 17.4 Å². The summed E-state index contributed by atoms with van der Waals surface area (Å²) in [5.41, 5.74) is 3.25. The van der Waals surface area contributed by atoms with E-state index in [0.717, 1.165) is 16.7 Å². The number of ether oxygens (including phenoxy) is 1. The lowest BCUT2D eigenvalue weighted by Gasteiger charge is -2.34. The SMILES string of the molecule is O=C(NCc1ccccc1)C1CC2(CO1)c1ccccc1CN2C(=O)c1ccccc1. The number of hydrogen-bond donors (Lipinski definition) is 1. The second kappa shape index (κ2) is 8.00. The van der Waals surface area contributed by atoms with Crippen molar-refractivity contribution >= 4 is 11.8 Å². The van der Waals surface area contributed by atoms with Crippen molar-refractivity contribution in [3.63, 3.8) is 0 Å². The van der Waals surface area contributed by atoms with Crippen LogP contribution < -0.4 is 5.32 Å². The molecule has 1 saturated heterocycles. The Hall–Kier alpha value is -3.44. The van der Waals surface area contributed by atoms with E-state index in [0.29, 0.717) is 31.7 Å². The number of hydrogen-bond acceptors (Lipinski definition) is 3. The van der Waals surface area contributed by atoms with Gasteiger partial charge in [0, 0.05) is 25.1 Å². The van der Waals surface area contributed by atoms with Gasteiger partial charge in [0.15, 0.2) is 0 Å². The minimum atomic E-state index is -0.627.